The second kappa shape index (κ2) is 19.5. The molecule has 44 heavy (non-hydrogen) atoms. The molecular weight excluding hydrogens is 576 g/mol. The van der Waals surface area contributed by atoms with E-state index >= 15 is 0 Å². The van der Waals surface area contributed by atoms with Crippen molar-refractivity contribution in [1.82, 2.24) is 26.2 Å². The van der Waals surface area contributed by atoms with Gasteiger partial charge in [0.15, 0.2) is 0 Å². The molecule has 6 atom stereocenters. The van der Waals surface area contributed by atoms with Gasteiger partial charge in [0.1, 0.15) is 30.2 Å². The SMILES string of the molecule is CCCCCCCCCC(=O)N1CCC[C@H]1C(=O)N[C@H](C(=O)N[C@@H](C)C(=O)N[C@@H](CC(N)=O)C(=O)N[C@@H](C)C(=O)O)[C@H](C)O. The quantitative estimate of drug-likeness (QED) is 0.0856. The lowest BCUT2D eigenvalue weighted by Gasteiger charge is -2.28. The van der Waals surface area contributed by atoms with Crippen molar-refractivity contribution in [2.45, 2.75) is 135 Å². The number of nitrogens with two attached hydrogens (primary N) is 1. The third-order valence-corrected chi connectivity index (χ3v) is 7.45. The molecule has 8 N–H and O–H groups in total. The van der Waals surface area contributed by atoms with Crippen LogP contribution in [0.1, 0.15) is 98.3 Å². The van der Waals surface area contributed by atoms with Crippen molar-refractivity contribution in [3.8, 4) is 0 Å². The Hall–Kier alpha value is -3.75. The second-order valence-corrected chi connectivity index (χ2v) is 11.4. The van der Waals surface area contributed by atoms with E-state index in [1.54, 1.807) is 0 Å². The Labute approximate surface area is 258 Å². The molecule has 0 aliphatic carbocycles. The van der Waals surface area contributed by atoms with Crippen molar-refractivity contribution in [2.75, 3.05) is 6.54 Å². The first-order chi connectivity index (χ1) is 20.7. The molecule has 0 saturated carbocycles. The van der Waals surface area contributed by atoms with Gasteiger partial charge in [-0.15, -0.1) is 0 Å². The number of primary amides is 1. The van der Waals surface area contributed by atoms with Gasteiger partial charge in [-0.1, -0.05) is 45.4 Å². The predicted octanol–water partition coefficient (Wildman–Crippen LogP) is -0.562. The Morgan fingerprint density at radius 1 is 0.818 bits per heavy atom. The Kier molecular flexibility index (Phi) is 17.0. The zero-order valence-corrected chi connectivity index (χ0v) is 26.2. The first-order valence-corrected chi connectivity index (χ1v) is 15.4. The molecule has 15 heteroatoms. The highest BCUT2D eigenvalue weighted by molar-refractivity contribution is 5.97. The molecule has 1 saturated heterocycles. The van der Waals surface area contributed by atoms with Crippen LogP contribution in [-0.2, 0) is 33.6 Å². The molecule has 1 heterocycles. The maximum Gasteiger partial charge on any atom is 0.325 e. The van der Waals surface area contributed by atoms with Gasteiger partial charge >= 0.3 is 5.97 Å². The summed E-state index contributed by atoms with van der Waals surface area (Å²) in [6.45, 7) is 6.31. The number of nitrogens with zero attached hydrogens (tertiary/aromatic N) is 1. The van der Waals surface area contributed by atoms with Crippen molar-refractivity contribution >= 4 is 41.4 Å². The first-order valence-electron chi connectivity index (χ1n) is 15.4. The van der Waals surface area contributed by atoms with Crippen LogP contribution in [0.25, 0.3) is 0 Å². The molecule has 0 radical (unpaired) electrons. The molecule has 6 amide bonds. The number of rotatable bonds is 20. The molecule has 0 aromatic carbocycles. The minimum absolute atomic E-state index is 0.133. The molecule has 0 aromatic rings. The third-order valence-electron chi connectivity index (χ3n) is 7.45. The average molecular weight is 627 g/mol. The van der Waals surface area contributed by atoms with E-state index in [-0.39, 0.29) is 5.91 Å². The van der Waals surface area contributed by atoms with Gasteiger partial charge in [-0.3, -0.25) is 33.6 Å². The van der Waals surface area contributed by atoms with Crippen LogP contribution in [0.15, 0.2) is 0 Å². The highest BCUT2D eigenvalue weighted by Gasteiger charge is 2.37. The first kappa shape index (κ1) is 38.3. The zero-order chi connectivity index (χ0) is 33.4. The summed E-state index contributed by atoms with van der Waals surface area (Å²) < 4.78 is 0. The number of hydrogen-bond donors (Lipinski definition) is 7. The number of carbonyl (C=O) groups excluding carboxylic acids is 6. The smallest absolute Gasteiger partial charge is 0.325 e. The predicted molar refractivity (Wildman–Crippen MR) is 160 cm³/mol. The van der Waals surface area contributed by atoms with E-state index < -0.39 is 78.2 Å². The Bertz CT molecular complexity index is 1020. The van der Waals surface area contributed by atoms with Crippen molar-refractivity contribution in [1.29, 1.82) is 0 Å². The normalized spacial score (nSPS) is 17.8. The minimum atomic E-state index is -1.51. The fourth-order valence-electron chi connectivity index (χ4n) is 4.82. The molecule has 0 aromatic heterocycles. The summed E-state index contributed by atoms with van der Waals surface area (Å²) >= 11 is 0. The van der Waals surface area contributed by atoms with E-state index in [1.165, 1.54) is 44.9 Å². The number of carboxylic acid groups (broad SMARTS) is 1. The van der Waals surface area contributed by atoms with Crippen molar-refractivity contribution in [3.63, 3.8) is 0 Å². The summed E-state index contributed by atoms with van der Waals surface area (Å²) in [5.41, 5.74) is 5.16. The molecule has 0 unspecified atom stereocenters. The largest absolute Gasteiger partial charge is 0.480 e. The molecule has 15 nitrogen and oxygen atoms in total. The topological polar surface area (TPSA) is 237 Å². The van der Waals surface area contributed by atoms with Crippen LogP contribution < -0.4 is 27.0 Å². The van der Waals surface area contributed by atoms with Gasteiger partial charge in [0.2, 0.25) is 35.4 Å². The number of nitrogens with one attached hydrogen (secondary N) is 4. The standard InChI is InChI=1S/C29H50N6O9/c1-5-6-7-8-9-10-11-14-23(38)35-15-12-13-21(35)27(41)34-24(19(4)36)28(42)31-17(2)25(39)33-20(16-22(30)37)26(40)32-18(3)29(43)44/h17-21,24,36H,5-16H2,1-4H3,(H2,30,37)(H,31,42)(H,32,40)(H,33,39)(H,34,41)(H,43,44)/t17-,18-,19-,20-,21-,24-/m0/s1. The summed E-state index contributed by atoms with van der Waals surface area (Å²) in [6.07, 6.45) is 6.77. The van der Waals surface area contributed by atoms with Gasteiger partial charge in [-0.25, -0.2) is 0 Å². The monoisotopic (exact) mass is 626 g/mol. The van der Waals surface area contributed by atoms with E-state index in [4.69, 9.17) is 10.8 Å². The fraction of sp³-hybridized carbons (Fsp3) is 0.759. The summed E-state index contributed by atoms with van der Waals surface area (Å²) in [7, 11) is 0. The van der Waals surface area contributed by atoms with Crippen LogP contribution in [0.2, 0.25) is 0 Å². The van der Waals surface area contributed by atoms with Crippen LogP contribution in [0.3, 0.4) is 0 Å². The second-order valence-electron chi connectivity index (χ2n) is 11.4. The summed E-state index contributed by atoms with van der Waals surface area (Å²) in [5, 5.41) is 28.5. The Morgan fingerprint density at radius 2 is 1.41 bits per heavy atom. The van der Waals surface area contributed by atoms with Crippen LogP contribution in [0, 0.1) is 0 Å². The van der Waals surface area contributed by atoms with Gasteiger partial charge in [0.05, 0.1) is 12.5 Å². The van der Waals surface area contributed by atoms with Crippen LogP contribution in [-0.4, -0.2) is 99.4 Å². The molecular formula is C29H50N6O9. The maximum absolute atomic E-state index is 13.1. The van der Waals surface area contributed by atoms with Gasteiger partial charge in [0.25, 0.3) is 0 Å². The van der Waals surface area contributed by atoms with Gasteiger partial charge in [0, 0.05) is 13.0 Å². The maximum atomic E-state index is 13.1. The fourth-order valence-corrected chi connectivity index (χ4v) is 4.82. The lowest BCUT2D eigenvalue weighted by Crippen LogP contribution is -2.60. The number of carbonyl (C=O) groups is 7. The minimum Gasteiger partial charge on any atom is -0.480 e. The lowest BCUT2D eigenvalue weighted by atomic mass is 10.1. The number of carboxylic acids is 1. The van der Waals surface area contributed by atoms with E-state index in [0.29, 0.717) is 25.8 Å². The number of aliphatic hydroxyl groups excluding tert-OH is 1. The molecule has 1 aliphatic heterocycles. The van der Waals surface area contributed by atoms with Crippen molar-refractivity contribution < 1.29 is 43.8 Å². The average Bonchev–Trinajstić information content (AvgIpc) is 3.44. The van der Waals surface area contributed by atoms with E-state index in [1.807, 2.05) is 0 Å². The van der Waals surface area contributed by atoms with Crippen molar-refractivity contribution in [2.24, 2.45) is 5.73 Å². The number of likely N-dealkylation sites (tertiary alicyclic amines) is 1. The van der Waals surface area contributed by atoms with Gasteiger partial charge < -0.3 is 42.1 Å². The summed E-state index contributed by atoms with van der Waals surface area (Å²) in [4.78, 5) is 88.1. The van der Waals surface area contributed by atoms with E-state index in [9.17, 15) is 38.7 Å². The molecule has 1 fully saturated rings. The molecule has 1 rings (SSSR count). The summed E-state index contributed by atoms with van der Waals surface area (Å²) in [6, 6.07) is -6.37. The summed E-state index contributed by atoms with van der Waals surface area (Å²) in [5.74, 6) is -5.79. The number of aliphatic hydroxyl groups is 1. The van der Waals surface area contributed by atoms with Crippen molar-refractivity contribution in [3.05, 3.63) is 0 Å². The highest BCUT2D eigenvalue weighted by Crippen LogP contribution is 2.20. The van der Waals surface area contributed by atoms with E-state index in [0.717, 1.165) is 25.7 Å². The van der Waals surface area contributed by atoms with Crippen LogP contribution in [0.5, 0.6) is 0 Å². The molecule has 250 valence electrons. The number of hydrogen-bond acceptors (Lipinski definition) is 8. The molecule has 0 bridgehead atoms. The number of aliphatic carboxylic acids is 1. The molecule has 1 aliphatic rings. The Balaban J connectivity index is 2.76. The highest BCUT2D eigenvalue weighted by atomic mass is 16.4. The van der Waals surface area contributed by atoms with Gasteiger partial charge in [-0.05, 0) is 40.0 Å². The molecule has 0 spiro atoms. The van der Waals surface area contributed by atoms with Crippen LogP contribution in [0.4, 0.5) is 0 Å². The van der Waals surface area contributed by atoms with Gasteiger partial charge in [-0.2, -0.15) is 0 Å². The number of amides is 6. The van der Waals surface area contributed by atoms with E-state index in [2.05, 4.69) is 28.2 Å². The number of unbranched alkanes of at least 4 members (excludes halogenated alkanes) is 6. The zero-order valence-electron chi connectivity index (χ0n) is 26.2. The Morgan fingerprint density at radius 3 is 1.98 bits per heavy atom. The third kappa shape index (κ3) is 13.3. The lowest BCUT2D eigenvalue weighted by molar-refractivity contribution is -0.142. The van der Waals surface area contributed by atoms with Crippen LogP contribution >= 0.6 is 0 Å².